The molecule has 3 rings (SSSR count). The van der Waals surface area contributed by atoms with E-state index in [0.29, 0.717) is 0 Å². The summed E-state index contributed by atoms with van der Waals surface area (Å²) in [6, 6.07) is 5.99. The van der Waals surface area contributed by atoms with Crippen LogP contribution < -0.4 is 0 Å². The minimum Gasteiger partial charge on any atom is -0.378 e. The number of hydrogen-bond donors (Lipinski definition) is 1. The number of nitrogens with one attached hydrogen (secondary N) is 1. The van der Waals surface area contributed by atoms with Crippen LogP contribution in [0, 0.1) is 11.8 Å². The number of aromatic nitrogens is 2. The van der Waals surface area contributed by atoms with E-state index >= 15 is 0 Å². The van der Waals surface area contributed by atoms with Crippen LogP contribution in [-0.4, -0.2) is 29.0 Å². The molecule has 2 aromatic heterocycles. The van der Waals surface area contributed by atoms with Gasteiger partial charge in [-0.15, -0.1) is 0 Å². The Morgan fingerprint density at radius 1 is 1.19 bits per heavy atom. The lowest BCUT2D eigenvalue weighted by atomic mass is 10.2. The fraction of sp³-hybridized carbons (Fsp3) is 0.167. The van der Waals surface area contributed by atoms with Gasteiger partial charge in [0.2, 0.25) is 0 Å². The Bertz CT molecular complexity index is 775. The third kappa shape index (κ3) is 3.06. The van der Waals surface area contributed by atoms with Crippen LogP contribution in [0.15, 0.2) is 60.0 Å². The molecule has 0 unspecified atom stereocenters. The molecule has 0 aliphatic heterocycles. The molecule has 2 aromatic rings. The molecular weight excluding hydrogens is 258 g/mol. The molecule has 0 saturated carbocycles. The van der Waals surface area contributed by atoms with Gasteiger partial charge in [-0.1, -0.05) is 18.1 Å². The molecule has 0 amide bonds. The molecule has 21 heavy (non-hydrogen) atoms. The predicted molar refractivity (Wildman–Crippen MR) is 86.6 cm³/mol. The Morgan fingerprint density at radius 3 is 2.90 bits per heavy atom. The predicted octanol–water partition coefficient (Wildman–Crippen LogP) is 3.25. The number of nitrogens with zero attached hydrogens (tertiary/aromatic N) is 2. The lowest BCUT2D eigenvalue weighted by molar-refractivity contribution is 0.528. The van der Waals surface area contributed by atoms with Gasteiger partial charge in [0.1, 0.15) is 5.65 Å². The van der Waals surface area contributed by atoms with Crippen molar-refractivity contribution in [3.05, 3.63) is 65.7 Å². The van der Waals surface area contributed by atoms with Crippen LogP contribution in [-0.2, 0) is 0 Å². The second-order valence-corrected chi connectivity index (χ2v) is 5.13. The standard InChI is InChI=1S/C18H17N3/c1-21(2)17-7-3-5-14(9-11-17)8-10-16-13-15-6-4-12-19-18(15)20-16/h4-7,9,11-13H,3H2,1-2H3,(H,19,20). The average Bonchev–Trinajstić information content (AvgIpc) is 2.74. The Kier molecular flexibility index (Phi) is 3.61. The highest BCUT2D eigenvalue weighted by Gasteiger charge is 2.00. The van der Waals surface area contributed by atoms with Crippen molar-refractivity contribution in [1.82, 2.24) is 14.9 Å². The highest BCUT2D eigenvalue weighted by atomic mass is 15.1. The SMILES string of the molecule is CN(C)C1=CCC=C(C#Cc2cc3cccnc3[nH]2)C=C1. The minimum atomic E-state index is 0.878. The van der Waals surface area contributed by atoms with Gasteiger partial charge in [-0.3, -0.25) is 0 Å². The summed E-state index contributed by atoms with van der Waals surface area (Å²) in [6.45, 7) is 0. The lowest BCUT2D eigenvalue weighted by Crippen LogP contribution is -2.08. The number of allylic oxidation sites excluding steroid dienone is 5. The van der Waals surface area contributed by atoms with Crippen LogP contribution in [0.4, 0.5) is 0 Å². The number of likely N-dealkylation sites (N-methyl/N-ethyl adjacent to an activating group) is 1. The van der Waals surface area contributed by atoms with Crippen molar-refractivity contribution < 1.29 is 0 Å². The zero-order valence-corrected chi connectivity index (χ0v) is 12.2. The van der Waals surface area contributed by atoms with E-state index in [1.54, 1.807) is 6.20 Å². The van der Waals surface area contributed by atoms with Gasteiger partial charge < -0.3 is 9.88 Å². The lowest BCUT2D eigenvalue weighted by Gasteiger charge is -2.12. The molecular formula is C18H17N3. The van der Waals surface area contributed by atoms with Gasteiger partial charge in [-0.2, -0.15) is 0 Å². The first-order valence-electron chi connectivity index (χ1n) is 6.94. The van der Waals surface area contributed by atoms with Crippen LogP contribution in [0.5, 0.6) is 0 Å². The van der Waals surface area contributed by atoms with Crippen molar-refractivity contribution in [3.8, 4) is 11.8 Å². The average molecular weight is 275 g/mol. The molecule has 104 valence electrons. The number of rotatable bonds is 1. The quantitative estimate of drug-likeness (QED) is 0.810. The molecule has 0 fully saturated rings. The topological polar surface area (TPSA) is 31.9 Å². The summed E-state index contributed by atoms with van der Waals surface area (Å²) in [5.74, 6) is 6.39. The van der Waals surface area contributed by atoms with Crippen LogP contribution in [0.2, 0.25) is 0 Å². The number of pyridine rings is 1. The van der Waals surface area contributed by atoms with Crippen molar-refractivity contribution in [2.45, 2.75) is 6.42 Å². The van der Waals surface area contributed by atoms with Crippen LogP contribution in [0.3, 0.4) is 0 Å². The summed E-state index contributed by atoms with van der Waals surface area (Å²) in [4.78, 5) is 9.60. The molecule has 0 bridgehead atoms. The molecule has 1 aliphatic carbocycles. The summed E-state index contributed by atoms with van der Waals surface area (Å²) in [6.07, 6.45) is 11.2. The molecule has 1 aliphatic rings. The van der Waals surface area contributed by atoms with E-state index in [1.807, 2.05) is 32.3 Å². The fourth-order valence-corrected chi connectivity index (χ4v) is 2.21. The maximum absolute atomic E-state index is 4.28. The number of hydrogen-bond acceptors (Lipinski definition) is 2. The monoisotopic (exact) mass is 275 g/mol. The fourth-order valence-electron chi connectivity index (χ4n) is 2.21. The Balaban J connectivity index is 1.82. The van der Waals surface area contributed by atoms with E-state index in [1.165, 1.54) is 5.70 Å². The third-order valence-corrected chi connectivity index (χ3v) is 3.35. The number of fused-ring (bicyclic) bond motifs is 1. The van der Waals surface area contributed by atoms with E-state index in [-0.39, 0.29) is 0 Å². The molecule has 0 aromatic carbocycles. The first-order valence-corrected chi connectivity index (χ1v) is 6.94. The van der Waals surface area contributed by atoms with E-state index in [2.05, 4.69) is 51.0 Å². The summed E-state index contributed by atoms with van der Waals surface area (Å²) < 4.78 is 0. The largest absolute Gasteiger partial charge is 0.378 e. The first-order chi connectivity index (χ1) is 10.2. The first kappa shape index (κ1) is 13.3. The molecule has 0 radical (unpaired) electrons. The Labute approximate surface area is 124 Å². The molecule has 1 N–H and O–H groups in total. The number of H-pyrrole nitrogens is 1. The van der Waals surface area contributed by atoms with Crippen molar-refractivity contribution in [2.24, 2.45) is 0 Å². The molecule has 0 atom stereocenters. The van der Waals surface area contributed by atoms with E-state index < -0.39 is 0 Å². The minimum absolute atomic E-state index is 0.878. The van der Waals surface area contributed by atoms with Crippen LogP contribution in [0.25, 0.3) is 11.0 Å². The second kappa shape index (κ2) is 5.72. The molecule has 0 spiro atoms. The molecule has 3 nitrogen and oxygen atoms in total. The van der Waals surface area contributed by atoms with Gasteiger partial charge in [-0.05, 0) is 42.7 Å². The van der Waals surface area contributed by atoms with Gasteiger partial charge in [0, 0.05) is 36.9 Å². The van der Waals surface area contributed by atoms with E-state index in [4.69, 9.17) is 0 Å². The Morgan fingerprint density at radius 2 is 2.10 bits per heavy atom. The van der Waals surface area contributed by atoms with Gasteiger partial charge in [0.05, 0.1) is 5.69 Å². The Hall–Kier alpha value is -2.73. The van der Waals surface area contributed by atoms with Crippen molar-refractivity contribution in [1.29, 1.82) is 0 Å². The smallest absolute Gasteiger partial charge is 0.138 e. The number of aromatic amines is 1. The van der Waals surface area contributed by atoms with E-state index in [9.17, 15) is 0 Å². The van der Waals surface area contributed by atoms with Crippen molar-refractivity contribution in [3.63, 3.8) is 0 Å². The van der Waals surface area contributed by atoms with E-state index in [0.717, 1.165) is 28.7 Å². The third-order valence-electron chi connectivity index (χ3n) is 3.35. The second-order valence-electron chi connectivity index (χ2n) is 5.13. The zero-order chi connectivity index (χ0) is 14.7. The molecule has 3 heteroatoms. The normalized spacial score (nSPS) is 14.0. The van der Waals surface area contributed by atoms with Crippen molar-refractivity contribution in [2.75, 3.05) is 14.1 Å². The molecule has 0 saturated heterocycles. The zero-order valence-electron chi connectivity index (χ0n) is 12.2. The van der Waals surface area contributed by atoms with Crippen molar-refractivity contribution >= 4 is 11.0 Å². The van der Waals surface area contributed by atoms with Gasteiger partial charge in [0.15, 0.2) is 0 Å². The van der Waals surface area contributed by atoms with Gasteiger partial charge in [-0.25, -0.2) is 4.98 Å². The van der Waals surface area contributed by atoms with Gasteiger partial charge in [0.25, 0.3) is 0 Å². The maximum atomic E-state index is 4.28. The van der Waals surface area contributed by atoms with Crippen LogP contribution in [0.1, 0.15) is 12.1 Å². The van der Waals surface area contributed by atoms with Crippen LogP contribution >= 0.6 is 0 Å². The highest BCUT2D eigenvalue weighted by Crippen LogP contribution is 2.13. The summed E-state index contributed by atoms with van der Waals surface area (Å²) in [7, 11) is 4.09. The summed E-state index contributed by atoms with van der Waals surface area (Å²) in [5.41, 5.74) is 4.01. The summed E-state index contributed by atoms with van der Waals surface area (Å²) in [5, 5.41) is 1.09. The van der Waals surface area contributed by atoms with Gasteiger partial charge >= 0.3 is 0 Å². The highest BCUT2D eigenvalue weighted by molar-refractivity contribution is 5.77. The molecule has 2 heterocycles. The summed E-state index contributed by atoms with van der Waals surface area (Å²) >= 11 is 0. The maximum Gasteiger partial charge on any atom is 0.138 e.